The molecule has 1 heteroatoms. The van der Waals surface area contributed by atoms with Crippen molar-refractivity contribution in [3.05, 3.63) is 0 Å². The maximum Gasteiger partial charge on any atom is 0.0650 e. The summed E-state index contributed by atoms with van der Waals surface area (Å²) in [6.07, 6.45) is 14.4. The van der Waals surface area contributed by atoms with Crippen molar-refractivity contribution in [2.75, 3.05) is 0 Å². The van der Waals surface area contributed by atoms with Crippen LogP contribution in [0.5, 0.6) is 0 Å². The van der Waals surface area contributed by atoms with Crippen LogP contribution in [0.4, 0.5) is 0 Å². The SMILES string of the molecule is OC1(CC2CC3CCC2C3)CCCCCC1. The molecule has 1 nitrogen and oxygen atoms in total. The maximum absolute atomic E-state index is 10.7. The molecule has 3 aliphatic carbocycles. The van der Waals surface area contributed by atoms with Crippen LogP contribution in [0.15, 0.2) is 0 Å². The lowest BCUT2D eigenvalue weighted by Gasteiger charge is -2.33. The van der Waals surface area contributed by atoms with Crippen LogP contribution in [0.1, 0.15) is 70.6 Å². The predicted octanol–water partition coefficient (Wildman–Crippen LogP) is 3.90. The van der Waals surface area contributed by atoms with Crippen LogP contribution in [-0.2, 0) is 0 Å². The van der Waals surface area contributed by atoms with E-state index >= 15 is 0 Å². The van der Waals surface area contributed by atoms with Crippen LogP contribution in [0.25, 0.3) is 0 Å². The quantitative estimate of drug-likeness (QED) is 0.703. The van der Waals surface area contributed by atoms with Crippen molar-refractivity contribution in [1.29, 1.82) is 0 Å². The molecule has 2 bridgehead atoms. The molecule has 1 N–H and O–H groups in total. The summed E-state index contributed by atoms with van der Waals surface area (Å²) in [6.45, 7) is 0. The summed E-state index contributed by atoms with van der Waals surface area (Å²) in [6, 6.07) is 0. The molecule has 3 rings (SSSR count). The first-order chi connectivity index (χ1) is 7.75. The summed E-state index contributed by atoms with van der Waals surface area (Å²) in [4.78, 5) is 0. The third-order valence-corrected chi connectivity index (χ3v) is 5.56. The Bertz CT molecular complexity index is 240. The van der Waals surface area contributed by atoms with Crippen molar-refractivity contribution < 1.29 is 5.11 Å². The highest BCUT2D eigenvalue weighted by Gasteiger charge is 2.43. The molecule has 16 heavy (non-hydrogen) atoms. The van der Waals surface area contributed by atoms with Gasteiger partial charge in [0.1, 0.15) is 0 Å². The average molecular weight is 222 g/mol. The third kappa shape index (κ3) is 2.16. The molecule has 0 aliphatic heterocycles. The maximum atomic E-state index is 10.7. The van der Waals surface area contributed by atoms with Gasteiger partial charge in [-0.3, -0.25) is 0 Å². The summed E-state index contributed by atoms with van der Waals surface area (Å²) < 4.78 is 0. The van der Waals surface area contributed by atoms with Crippen molar-refractivity contribution in [2.45, 2.75) is 76.2 Å². The number of aliphatic hydroxyl groups is 1. The highest BCUT2D eigenvalue weighted by atomic mass is 16.3. The topological polar surface area (TPSA) is 20.2 Å². The normalized spacial score (nSPS) is 42.2. The summed E-state index contributed by atoms with van der Waals surface area (Å²) in [5.41, 5.74) is -0.272. The minimum absolute atomic E-state index is 0.272. The summed E-state index contributed by atoms with van der Waals surface area (Å²) >= 11 is 0. The van der Waals surface area contributed by atoms with E-state index in [9.17, 15) is 5.11 Å². The van der Waals surface area contributed by atoms with E-state index in [4.69, 9.17) is 0 Å². The van der Waals surface area contributed by atoms with Crippen LogP contribution in [-0.4, -0.2) is 10.7 Å². The van der Waals surface area contributed by atoms with Gasteiger partial charge in [-0.15, -0.1) is 0 Å². The summed E-state index contributed by atoms with van der Waals surface area (Å²) in [5, 5.41) is 10.7. The van der Waals surface area contributed by atoms with E-state index in [2.05, 4.69) is 0 Å². The van der Waals surface area contributed by atoms with E-state index in [1.165, 1.54) is 51.4 Å². The molecule has 0 amide bonds. The molecule has 0 aromatic heterocycles. The molecule has 3 aliphatic rings. The fraction of sp³-hybridized carbons (Fsp3) is 1.00. The lowest BCUT2D eigenvalue weighted by molar-refractivity contribution is -0.00642. The number of fused-ring (bicyclic) bond motifs is 2. The van der Waals surface area contributed by atoms with Crippen LogP contribution in [0.2, 0.25) is 0 Å². The lowest BCUT2D eigenvalue weighted by atomic mass is 9.77. The Morgan fingerprint density at radius 2 is 1.69 bits per heavy atom. The Hall–Kier alpha value is -0.0400. The predicted molar refractivity (Wildman–Crippen MR) is 66.2 cm³/mol. The molecule has 0 aromatic rings. The van der Waals surface area contributed by atoms with E-state index in [-0.39, 0.29) is 5.60 Å². The van der Waals surface area contributed by atoms with Gasteiger partial charge >= 0.3 is 0 Å². The van der Waals surface area contributed by atoms with E-state index in [1.807, 2.05) is 0 Å². The number of rotatable bonds is 2. The zero-order chi connectivity index (χ0) is 11.0. The molecule has 92 valence electrons. The number of hydrogen-bond acceptors (Lipinski definition) is 1. The van der Waals surface area contributed by atoms with E-state index < -0.39 is 0 Å². The zero-order valence-corrected chi connectivity index (χ0v) is 10.5. The zero-order valence-electron chi connectivity index (χ0n) is 10.5. The van der Waals surface area contributed by atoms with Gasteiger partial charge in [-0.1, -0.05) is 32.1 Å². The Morgan fingerprint density at radius 1 is 0.938 bits per heavy atom. The van der Waals surface area contributed by atoms with E-state index in [1.54, 1.807) is 0 Å². The summed E-state index contributed by atoms with van der Waals surface area (Å²) in [7, 11) is 0. The monoisotopic (exact) mass is 222 g/mol. The fourth-order valence-corrected chi connectivity index (χ4v) is 4.71. The van der Waals surface area contributed by atoms with Crippen molar-refractivity contribution in [3.63, 3.8) is 0 Å². The Kier molecular flexibility index (Phi) is 2.99. The van der Waals surface area contributed by atoms with Gasteiger partial charge in [0.05, 0.1) is 5.60 Å². The van der Waals surface area contributed by atoms with Crippen LogP contribution in [0, 0.1) is 17.8 Å². The molecule has 3 atom stereocenters. The first-order valence-electron chi connectivity index (χ1n) is 7.48. The second kappa shape index (κ2) is 4.33. The summed E-state index contributed by atoms with van der Waals surface area (Å²) in [5.74, 6) is 2.89. The second-order valence-corrected chi connectivity index (χ2v) is 6.78. The van der Waals surface area contributed by atoms with Gasteiger partial charge in [0.15, 0.2) is 0 Å². The minimum atomic E-state index is -0.272. The van der Waals surface area contributed by atoms with Crippen LogP contribution < -0.4 is 0 Å². The van der Waals surface area contributed by atoms with Gasteiger partial charge in [0.2, 0.25) is 0 Å². The van der Waals surface area contributed by atoms with Gasteiger partial charge in [-0.2, -0.15) is 0 Å². The van der Waals surface area contributed by atoms with Crippen molar-refractivity contribution in [1.82, 2.24) is 0 Å². The minimum Gasteiger partial charge on any atom is -0.390 e. The molecule has 0 heterocycles. The van der Waals surface area contributed by atoms with Gasteiger partial charge in [0, 0.05) is 0 Å². The molecule has 0 radical (unpaired) electrons. The van der Waals surface area contributed by atoms with E-state index in [0.717, 1.165) is 37.0 Å². The highest BCUT2D eigenvalue weighted by molar-refractivity contribution is 4.94. The molecular formula is C15H26O. The Labute approximate surface area is 99.6 Å². The molecular weight excluding hydrogens is 196 g/mol. The van der Waals surface area contributed by atoms with Crippen LogP contribution in [0.3, 0.4) is 0 Å². The molecule has 3 saturated carbocycles. The largest absolute Gasteiger partial charge is 0.390 e. The standard InChI is InChI=1S/C15H26O/c16-15(7-3-1-2-4-8-15)11-14-10-12-5-6-13(14)9-12/h12-14,16H,1-11H2. The van der Waals surface area contributed by atoms with Gasteiger partial charge in [-0.05, 0) is 56.3 Å². The Balaban J connectivity index is 1.60. The molecule has 0 aromatic carbocycles. The van der Waals surface area contributed by atoms with Crippen molar-refractivity contribution in [3.8, 4) is 0 Å². The van der Waals surface area contributed by atoms with Gasteiger partial charge < -0.3 is 5.11 Å². The average Bonchev–Trinajstić information content (AvgIpc) is 2.79. The van der Waals surface area contributed by atoms with Crippen molar-refractivity contribution >= 4 is 0 Å². The Morgan fingerprint density at radius 3 is 2.25 bits per heavy atom. The van der Waals surface area contributed by atoms with Gasteiger partial charge in [0.25, 0.3) is 0 Å². The second-order valence-electron chi connectivity index (χ2n) is 6.78. The molecule has 3 unspecified atom stereocenters. The van der Waals surface area contributed by atoms with Crippen LogP contribution >= 0.6 is 0 Å². The number of hydrogen-bond donors (Lipinski definition) is 1. The molecule has 3 fully saturated rings. The van der Waals surface area contributed by atoms with Gasteiger partial charge in [-0.25, -0.2) is 0 Å². The fourth-order valence-electron chi connectivity index (χ4n) is 4.71. The van der Waals surface area contributed by atoms with Crippen molar-refractivity contribution in [2.24, 2.45) is 17.8 Å². The first-order valence-corrected chi connectivity index (χ1v) is 7.48. The molecule has 0 spiro atoms. The van der Waals surface area contributed by atoms with E-state index in [0.29, 0.717) is 0 Å². The first kappa shape index (κ1) is 11.1. The smallest absolute Gasteiger partial charge is 0.0650 e. The third-order valence-electron chi connectivity index (χ3n) is 5.56. The molecule has 0 saturated heterocycles. The highest BCUT2D eigenvalue weighted by Crippen LogP contribution is 2.51. The lowest BCUT2D eigenvalue weighted by Crippen LogP contribution is -2.32.